The van der Waals surface area contributed by atoms with E-state index in [0.717, 1.165) is 15.0 Å². The molecular formula is C16H11ClO3S. The van der Waals surface area contributed by atoms with Crippen LogP contribution in [0, 0.1) is 0 Å². The second-order valence-corrected chi connectivity index (χ2v) is 5.97. The molecule has 1 aromatic heterocycles. The number of hydrogen-bond donors (Lipinski definition) is 1. The molecule has 3 aromatic rings. The van der Waals surface area contributed by atoms with Crippen LogP contribution >= 0.6 is 22.9 Å². The molecule has 0 atom stereocenters. The van der Waals surface area contributed by atoms with Crippen LogP contribution in [-0.2, 0) is 6.61 Å². The summed E-state index contributed by atoms with van der Waals surface area (Å²) in [7, 11) is 0. The Morgan fingerprint density at radius 1 is 1.19 bits per heavy atom. The average molecular weight is 319 g/mol. The lowest BCUT2D eigenvalue weighted by atomic mass is 10.2. The Hall–Kier alpha value is -2.04. The van der Waals surface area contributed by atoms with Crippen molar-refractivity contribution < 1.29 is 14.6 Å². The number of thiophene rings is 1. The van der Waals surface area contributed by atoms with E-state index in [1.165, 1.54) is 12.1 Å². The van der Waals surface area contributed by atoms with Crippen LogP contribution in [0.4, 0.5) is 0 Å². The van der Waals surface area contributed by atoms with E-state index >= 15 is 0 Å². The smallest absolute Gasteiger partial charge is 0.335 e. The third-order valence-corrected chi connectivity index (χ3v) is 4.74. The normalized spacial score (nSPS) is 10.7. The topological polar surface area (TPSA) is 46.5 Å². The molecule has 0 aliphatic heterocycles. The SMILES string of the molecule is O=C(O)c1cccc(OCc2sc3ccccc3c2Cl)c1. The average Bonchev–Trinajstić information content (AvgIpc) is 2.82. The quantitative estimate of drug-likeness (QED) is 0.749. The fourth-order valence-corrected chi connectivity index (χ4v) is 3.43. The molecule has 0 aliphatic rings. The van der Waals surface area contributed by atoms with Gasteiger partial charge in [0.25, 0.3) is 0 Å². The Kier molecular flexibility index (Phi) is 3.82. The summed E-state index contributed by atoms with van der Waals surface area (Å²) >= 11 is 7.92. The molecule has 0 radical (unpaired) electrons. The monoisotopic (exact) mass is 318 g/mol. The Morgan fingerprint density at radius 3 is 2.76 bits per heavy atom. The van der Waals surface area contributed by atoms with Crippen molar-refractivity contribution in [2.24, 2.45) is 0 Å². The summed E-state index contributed by atoms with van der Waals surface area (Å²) in [5.74, 6) is -0.455. The van der Waals surface area contributed by atoms with Crippen molar-refractivity contribution in [3.63, 3.8) is 0 Å². The minimum absolute atomic E-state index is 0.204. The highest BCUT2D eigenvalue weighted by Gasteiger charge is 2.11. The Balaban J connectivity index is 1.82. The van der Waals surface area contributed by atoms with Crippen LogP contribution in [0.15, 0.2) is 48.5 Å². The summed E-state index contributed by atoms with van der Waals surface area (Å²) in [4.78, 5) is 11.9. The van der Waals surface area contributed by atoms with E-state index in [0.29, 0.717) is 17.4 Å². The zero-order chi connectivity index (χ0) is 14.8. The predicted octanol–water partition coefficient (Wildman–Crippen LogP) is 4.83. The minimum Gasteiger partial charge on any atom is -0.488 e. The van der Waals surface area contributed by atoms with E-state index in [1.54, 1.807) is 23.5 Å². The van der Waals surface area contributed by atoms with Crippen LogP contribution in [0.5, 0.6) is 5.75 Å². The molecular weight excluding hydrogens is 308 g/mol. The van der Waals surface area contributed by atoms with E-state index in [4.69, 9.17) is 21.4 Å². The number of halogens is 1. The Bertz CT molecular complexity index is 810. The van der Waals surface area contributed by atoms with E-state index in [9.17, 15) is 4.79 Å². The number of carboxylic acids is 1. The van der Waals surface area contributed by atoms with Gasteiger partial charge in [-0.2, -0.15) is 0 Å². The van der Waals surface area contributed by atoms with Gasteiger partial charge in [0.05, 0.1) is 15.5 Å². The highest BCUT2D eigenvalue weighted by molar-refractivity contribution is 7.19. The maximum atomic E-state index is 10.9. The first kappa shape index (κ1) is 13.9. The second kappa shape index (κ2) is 5.76. The zero-order valence-electron chi connectivity index (χ0n) is 10.9. The first-order valence-electron chi connectivity index (χ1n) is 6.27. The van der Waals surface area contributed by atoms with Gasteiger partial charge in [0.2, 0.25) is 0 Å². The van der Waals surface area contributed by atoms with Gasteiger partial charge >= 0.3 is 5.97 Å². The van der Waals surface area contributed by atoms with Crippen molar-refractivity contribution in [2.75, 3.05) is 0 Å². The van der Waals surface area contributed by atoms with Crippen LogP contribution < -0.4 is 4.74 Å². The van der Waals surface area contributed by atoms with Crippen molar-refractivity contribution in [1.82, 2.24) is 0 Å². The Labute approximate surface area is 130 Å². The first-order valence-corrected chi connectivity index (χ1v) is 7.46. The van der Waals surface area contributed by atoms with Gasteiger partial charge in [-0.15, -0.1) is 11.3 Å². The van der Waals surface area contributed by atoms with E-state index < -0.39 is 5.97 Å². The Morgan fingerprint density at radius 2 is 2.00 bits per heavy atom. The molecule has 0 spiro atoms. The molecule has 106 valence electrons. The minimum atomic E-state index is -0.972. The van der Waals surface area contributed by atoms with Crippen molar-refractivity contribution in [3.8, 4) is 5.75 Å². The summed E-state index contributed by atoms with van der Waals surface area (Å²) < 4.78 is 6.77. The summed E-state index contributed by atoms with van der Waals surface area (Å²) in [6.45, 7) is 0.321. The molecule has 0 fully saturated rings. The van der Waals surface area contributed by atoms with Gasteiger partial charge in [0, 0.05) is 10.1 Å². The second-order valence-electron chi connectivity index (χ2n) is 4.46. The number of rotatable bonds is 4. The highest BCUT2D eigenvalue weighted by atomic mass is 35.5. The van der Waals surface area contributed by atoms with E-state index in [2.05, 4.69) is 0 Å². The number of ether oxygens (including phenoxy) is 1. The van der Waals surface area contributed by atoms with Crippen molar-refractivity contribution in [3.05, 3.63) is 64.0 Å². The van der Waals surface area contributed by atoms with Crippen LogP contribution in [-0.4, -0.2) is 11.1 Å². The molecule has 1 heterocycles. The fourth-order valence-electron chi connectivity index (χ4n) is 2.03. The summed E-state index contributed by atoms with van der Waals surface area (Å²) in [5, 5.41) is 10.7. The van der Waals surface area contributed by atoms with E-state index in [-0.39, 0.29) is 5.56 Å². The fraction of sp³-hybridized carbons (Fsp3) is 0.0625. The molecule has 5 heteroatoms. The molecule has 1 N–H and O–H groups in total. The lowest BCUT2D eigenvalue weighted by Crippen LogP contribution is -1.98. The van der Waals surface area contributed by atoms with Crippen LogP contribution in [0.3, 0.4) is 0 Å². The van der Waals surface area contributed by atoms with Crippen molar-refractivity contribution in [2.45, 2.75) is 6.61 Å². The summed E-state index contributed by atoms with van der Waals surface area (Å²) in [6.07, 6.45) is 0. The first-order chi connectivity index (χ1) is 10.1. The molecule has 0 saturated carbocycles. The number of fused-ring (bicyclic) bond motifs is 1. The number of carboxylic acid groups (broad SMARTS) is 1. The summed E-state index contributed by atoms with van der Waals surface area (Å²) in [5.41, 5.74) is 0.204. The molecule has 2 aromatic carbocycles. The van der Waals surface area contributed by atoms with Gasteiger partial charge in [0.1, 0.15) is 12.4 Å². The van der Waals surface area contributed by atoms with Gasteiger partial charge in [0.15, 0.2) is 0 Å². The molecule has 0 unspecified atom stereocenters. The van der Waals surface area contributed by atoms with Gasteiger partial charge in [-0.25, -0.2) is 4.79 Å². The molecule has 3 rings (SSSR count). The molecule has 0 aliphatic carbocycles. The van der Waals surface area contributed by atoms with Gasteiger partial charge in [-0.1, -0.05) is 35.9 Å². The molecule has 0 saturated heterocycles. The van der Waals surface area contributed by atoms with Crippen LogP contribution in [0.25, 0.3) is 10.1 Å². The van der Waals surface area contributed by atoms with Crippen molar-refractivity contribution in [1.29, 1.82) is 0 Å². The number of hydrogen-bond acceptors (Lipinski definition) is 3. The molecule has 3 nitrogen and oxygen atoms in total. The largest absolute Gasteiger partial charge is 0.488 e. The highest BCUT2D eigenvalue weighted by Crippen LogP contribution is 2.35. The zero-order valence-corrected chi connectivity index (χ0v) is 12.4. The predicted molar refractivity (Wildman–Crippen MR) is 84.6 cm³/mol. The number of aromatic carboxylic acids is 1. The van der Waals surface area contributed by atoms with Crippen LogP contribution in [0.2, 0.25) is 5.02 Å². The van der Waals surface area contributed by atoms with E-state index in [1.807, 2.05) is 24.3 Å². The van der Waals surface area contributed by atoms with Crippen LogP contribution in [0.1, 0.15) is 15.2 Å². The van der Waals surface area contributed by atoms with Gasteiger partial charge < -0.3 is 9.84 Å². The maximum absolute atomic E-state index is 10.9. The number of benzene rings is 2. The number of carbonyl (C=O) groups is 1. The summed E-state index contributed by atoms with van der Waals surface area (Å²) in [6, 6.07) is 14.3. The molecule has 0 bridgehead atoms. The molecule has 0 amide bonds. The third kappa shape index (κ3) is 2.86. The van der Waals surface area contributed by atoms with Crippen molar-refractivity contribution >= 4 is 39.0 Å². The lowest BCUT2D eigenvalue weighted by molar-refractivity contribution is 0.0696. The van der Waals surface area contributed by atoms with Gasteiger partial charge in [-0.05, 0) is 24.3 Å². The standard InChI is InChI=1S/C16H11ClO3S/c17-15-12-6-1-2-7-13(12)21-14(15)9-20-11-5-3-4-10(8-11)16(18)19/h1-8H,9H2,(H,18,19). The molecule has 21 heavy (non-hydrogen) atoms. The lowest BCUT2D eigenvalue weighted by Gasteiger charge is -2.05. The van der Waals surface area contributed by atoms with Gasteiger partial charge in [-0.3, -0.25) is 0 Å². The maximum Gasteiger partial charge on any atom is 0.335 e. The third-order valence-electron chi connectivity index (χ3n) is 3.05.